The molecule has 1 amide bonds. The molecule has 1 aromatic carbocycles. The van der Waals surface area contributed by atoms with Crippen molar-refractivity contribution < 1.29 is 19.4 Å². The summed E-state index contributed by atoms with van der Waals surface area (Å²) >= 11 is 0. The highest BCUT2D eigenvalue weighted by molar-refractivity contribution is 5.84. The topological polar surface area (TPSA) is 66.8 Å². The highest BCUT2D eigenvalue weighted by atomic mass is 16.5. The van der Waals surface area contributed by atoms with E-state index in [0.29, 0.717) is 6.42 Å². The molecule has 1 saturated heterocycles. The molecule has 2 atom stereocenters. The molecule has 0 spiro atoms. The Morgan fingerprint density at radius 1 is 1.67 bits per heavy atom. The number of carbonyl (C=O) groups excluding carboxylic acids is 2. The zero-order chi connectivity index (χ0) is 13.1. The van der Waals surface area contributed by atoms with Crippen LogP contribution < -0.4 is 0 Å². The standard InChI is InChI=1S/C13H16NO4/c1-18-12(16)6-7-14-10(8-11(15)13(14)17)9-4-2-3-5-9/h2-5,10-11,15H,6-8H2,1H3/q-1/t10-,11-/m0/s1. The molecule has 0 saturated carbocycles. The minimum absolute atomic E-state index is 0.145. The van der Waals surface area contributed by atoms with E-state index in [0.717, 1.165) is 5.56 Å². The fourth-order valence-electron chi connectivity index (χ4n) is 2.29. The van der Waals surface area contributed by atoms with Crippen LogP contribution in [0, 0.1) is 0 Å². The van der Waals surface area contributed by atoms with E-state index in [1.807, 2.05) is 24.3 Å². The highest BCUT2D eigenvalue weighted by Crippen LogP contribution is 2.33. The number of amides is 1. The van der Waals surface area contributed by atoms with E-state index in [1.165, 1.54) is 7.11 Å². The SMILES string of the molecule is COC(=O)CCN1C(=O)[C@@H](O)C[C@H]1c1cc[cH-]c1. The van der Waals surface area contributed by atoms with E-state index in [-0.39, 0.29) is 30.9 Å². The molecule has 1 heterocycles. The summed E-state index contributed by atoms with van der Waals surface area (Å²) < 4.78 is 4.56. The quantitative estimate of drug-likeness (QED) is 0.628. The van der Waals surface area contributed by atoms with Gasteiger partial charge in [0.25, 0.3) is 5.91 Å². The first-order valence-electron chi connectivity index (χ1n) is 5.90. The lowest BCUT2D eigenvalue weighted by Gasteiger charge is -2.27. The summed E-state index contributed by atoms with van der Waals surface area (Å²) in [5, 5.41) is 9.65. The van der Waals surface area contributed by atoms with Crippen molar-refractivity contribution in [3.05, 3.63) is 29.8 Å². The Bertz CT molecular complexity index is 426. The molecule has 2 rings (SSSR count). The van der Waals surface area contributed by atoms with Gasteiger partial charge in [0.05, 0.1) is 13.5 Å². The Hall–Kier alpha value is -1.75. The zero-order valence-corrected chi connectivity index (χ0v) is 10.2. The lowest BCUT2D eigenvalue weighted by Crippen LogP contribution is -2.33. The van der Waals surface area contributed by atoms with E-state index >= 15 is 0 Å². The van der Waals surface area contributed by atoms with E-state index in [2.05, 4.69) is 4.74 Å². The van der Waals surface area contributed by atoms with Crippen LogP contribution in [0.15, 0.2) is 24.3 Å². The van der Waals surface area contributed by atoms with E-state index in [9.17, 15) is 14.7 Å². The van der Waals surface area contributed by atoms with Crippen LogP contribution in [0.5, 0.6) is 0 Å². The first-order valence-corrected chi connectivity index (χ1v) is 5.90. The number of aliphatic hydroxyl groups excluding tert-OH is 1. The molecule has 0 radical (unpaired) electrons. The minimum atomic E-state index is -0.970. The number of hydrogen-bond acceptors (Lipinski definition) is 4. The third-order valence-corrected chi connectivity index (χ3v) is 3.25. The largest absolute Gasteiger partial charge is 0.469 e. The Kier molecular flexibility index (Phi) is 3.72. The van der Waals surface area contributed by atoms with Crippen molar-refractivity contribution in [2.75, 3.05) is 13.7 Å². The lowest BCUT2D eigenvalue weighted by atomic mass is 10.1. The maximum atomic E-state index is 11.8. The Labute approximate surface area is 105 Å². The smallest absolute Gasteiger partial charge is 0.307 e. The van der Waals surface area contributed by atoms with Gasteiger partial charge in [0.1, 0.15) is 6.10 Å². The number of methoxy groups -OCH3 is 1. The van der Waals surface area contributed by atoms with Crippen LogP contribution in [0.3, 0.4) is 0 Å². The molecule has 5 heteroatoms. The number of likely N-dealkylation sites (tertiary alicyclic amines) is 1. The molecule has 0 unspecified atom stereocenters. The maximum absolute atomic E-state index is 11.8. The van der Waals surface area contributed by atoms with Crippen molar-refractivity contribution >= 4 is 11.9 Å². The van der Waals surface area contributed by atoms with Gasteiger partial charge in [0.2, 0.25) is 0 Å². The van der Waals surface area contributed by atoms with Gasteiger partial charge in [0, 0.05) is 12.6 Å². The molecule has 1 N–H and O–H groups in total. The first-order chi connectivity index (χ1) is 8.63. The molecule has 1 fully saturated rings. The van der Waals surface area contributed by atoms with E-state index in [1.54, 1.807) is 4.90 Å². The Morgan fingerprint density at radius 2 is 2.44 bits per heavy atom. The number of rotatable bonds is 4. The summed E-state index contributed by atoms with van der Waals surface area (Å²) in [5.74, 6) is -0.671. The number of hydrogen-bond donors (Lipinski definition) is 1. The van der Waals surface area contributed by atoms with Crippen LogP contribution in [0.4, 0.5) is 0 Å². The van der Waals surface area contributed by atoms with Crippen LogP contribution in [0.25, 0.3) is 0 Å². The normalized spacial score (nSPS) is 23.4. The predicted octanol–water partition coefficient (Wildman–Crippen LogP) is 0.603. The van der Waals surface area contributed by atoms with Crippen molar-refractivity contribution in [3.8, 4) is 0 Å². The number of ether oxygens (including phenoxy) is 1. The highest BCUT2D eigenvalue weighted by Gasteiger charge is 2.36. The van der Waals surface area contributed by atoms with Crippen LogP contribution >= 0.6 is 0 Å². The van der Waals surface area contributed by atoms with Crippen molar-refractivity contribution in [2.45, 2.75) is 25.0 Å². The van der Waals surface area contributed by atoms with Crippen molar-refractivity contribution in [3.63, 3.8) is 0 Å². The number of carbonyl (C=O) groups is 2. The van der Waals surface area contributed by atoms with Crippen LogP contribution in [-0.4, -0.2) is 41.6 Å². The summed E-state index contributed by atoms with van der Waals surface area (Å²) in [4.78, 5) is 24.5. The minimum Gasteiger partial charge on any atom is -0.469 e. The second-order valence-electron chi connectivity index (χ2n) is 4.34. The monoisotopic (exact) mass is 250 g/mol. The van der Waals surface area contributed by atoms with E-state index < -0.39 is 6.10 Å². The van der Waals surface area contributed by atoms with Gasteiger partial charge >= 0.3 is 5.97 Å². The number of aliphatic hydroxyl groups is 1. The lowest BCUT2D eigenvalue weighted by molar-refractivity contribution is -0.142. The molecule has 1 aliphatic rings. The molecule has 18 heavy (non-hydrogen) atoms. The van der Waals surface area contributed by atoms with Crippen LogP contribution in [0.2, 0.25) is 0 Å². The van der Waals surface area contributed by atoms with Gasteiger partial charge < -0.3 is 14.7 Å². The summed E-state index contributed by atoms with van der Waals surface area (Å²) in [7, 11) is 1.32. The average molecular weight is 250 g/mol. The maximum Gasteiger partial charge on any atom is 0.307 e. The van der Waals surface area contributed by atoms with Gasteiger partial charge in [-0.05, 0) is 6.42 Å². The Morgan fingerprint density at radius 3 is 3.06 bits per heavy atom. The van der Waals surface area contributed by atoms with Gasteiger partial charge in [-0.25, -0.2) is 6.07 Å². The van der Waals surface area contributed by atoms with Crippen molar-refractivity contribution in [1.29, 1.82) is 0 Å². The van der Waals surface area contributed by atoms with Crippen molar-refractivity contribution in [1.82, 2.24) is 4.90 Å². The molecule has 98 valence electrons. The summed E-state index contributed by atoms with van der Waals surface area (Å²) in [5.41, 5.74) is 0.991. The molecule has 1 aromatic rings. The van der Waals surface area contributed by atoms with Gasteiger partial charge in [-0.1, -0.05) is 0 Å². The summed E-state index contributed by atoms with van der Waals surface area (Å²) in [6.07, 6.45) is -0.446. The third kappa shape index (κ3) is 2.41. The Balaban J connectivity index is 2.08. The summed E-state index contributed by atoms with van der Waals surface area (Å²) in [6.45, 7) is 0.276. The van der Waals surface area contributed by atoms with E-state index in [4.69, 9.17) is 0 Å². The molecule has 5 nitrogen and oxygen atoms in total. The zero-order valence-electron chi connectivity index (χ0n) is 10.2. The molecular weight excluding hydrogens is 234 g/mol. The molecular formula is C13H16NO4-. The average Bonchev–Trinajstić information content (AvgIpc) is 2.97. The fraction of sp³-hybridized carbons (Fsp3) is 0.462. The second kappa shape index (κ2) is 5.27. The molecule has 0 bridgehead atoms. The molecule has 1 aliphatic heterocycles. The van der Waals surface area contributed by atoms with Gasteiger partial charge in [-0.3, -0.25) is 9.59 Å². The first kappa shape index (κ1) is 12.7. The number of esters is 1. The van der Waals surface area contributed by atoms with Crippen molar-refractivity contribution in [2.24, 2.45) is 0 Å². The van der Waals surface area contributed by atoms with Gasteiger partial charge in [-0.15, -0.1) is 0 Å². The number of nitrogens with zero attached hydrogens (tertiary/aromatic N) is 1. The van der Waals surface area contributed by atoms with Crippen LogP contribution in [-0.2, 0) is 14.3 Å². The fourth-order valence-corrected chi connectivity index (χ4v) is 2.29. The van der Waals surface area contributed by atoms with Gasteiger partial charge in [-0.2, -0.15) is 23.8 Å². The third-order valence-electron chi connectivity index (χ3n) is 3.25. The molecule has 0 aliphatic carbocycles. The summed E-state index contributed by atoms with van der Waals surface area (Å²) in [6, 6.07) is 7.47. The van der Waals surface area contributed by atoms with Crippen LogP contribution in [0.1, 0.15) is 24.4 Å². The predicted molar refractivity (Wildman–Crippen MR) is 63.7 cm³/mol. The second-order valence-corrected chi connectivity index (χ2v) is 4.34. The van der Waals surface area contributed by atoms with Gasteiger partial charge in [0.15, 0.2) is 0 Å². The molecule has 0 aromatic heterocycles.